The van der Waals surface area contributed by atoms with E-state index in [4.69, 9.17) is 9.40 Å². The molecule has 0 aliphatic carbocycles. The summed E-state index contributed by atoms with van der Waals surface area (Å²) in [5.41, 5.74) is 4.01. The van der Waals surface area contributed by atoms with Gasteiger partial charge in [0.2, 0.25) is 0 Å². The van der Waals surface area contributed by atoms with Crippen molar-refractivity contribution >= 4 is 48.5 Å². The number of carbonyl (C=O) groups is 1. The van der Waals surface area contributed by atoms with Gasteiger partial charge in [-0.3, -0.25) is 14.7 Å². The van der Waals surface area contributed by atoms with Crippen LogP contribution >= 0.6 is 27.3 Å². The monoisotopic (exact) mass is 441 g/mol. The van der Waals surface area contributed by atoms with E-state index in [1.807, 2.05) is 24.3 Å². The van der Waals surface area contributed by atoms with Gasteiger partial charge in [-0.25, -0.2) is 4.98 Å². The molecular weight excluding hydrogens is 426 g/mol. The maximum atomic E-state index is 13.1. The van der Waals surface area contributed by atoms with Gasteiger partial charge in [-0.05, 0) is 71.2 Å². The second kappa shape index (κ2) is 7.25. The number of amides is 1. The summed E-state index contributed by atoms with van der Waals surface area (Å²) < 4.78 is 7.05. The molecule has 4 rings (SSSR count). The van der Waals surface area contributed by atoms with Crippen molar-refractivity contribution in [2.45, 2.75) is 20.4 Å². The third-order valence-corrected chi connectivity index (χ3v) is 5.85. The minimum absolute atomic E-state index is 0.250. The lowest BCUT2D eigenvalue weighted by atomic mass is 10.1. The summed E-state index contributed by atoms with van der Waals surface area (Å²) in [7, 11) is 0. The van der Waals surface area contributed by atoms with E-state index >= 15 is 0 Å². The number of pyridine rings is 1. The van der Waals surface area contributed by atoms with Gasteiger partial charge in [0, 0.05) is 6.20 Å². The SMILES string of the molecule is Cc1ccc2sc(N(Cc3ccccn3)C(=O)c3ccc(Br)o3)nc2c1C. The Hall–Kier alpha value is -2.51. The quantitative estimate of drug-likeness (QED) is 0.418. The largest absolute Gasteiger partial charge is 0.444 e. The molecule has 0 unspecified atom stereocenters. The van der Waals surface area contributed by atoms with Crippen LogP contribution in [0.15, 0.2) is 57.7 Å². The Bertz CT molecular complexity index is 1120. The normalized spacial score (nSPS) is 11.1. The van der Waals surface area contributed by atoms with Crippen LogP contribution in [-0.2, 0) is 6.54 Å². The summed E-state index contributed by atoms with van der Waals surface area (Å²) in [5, 5.41) is 0.627. The summed E-state index contributed by atoms with van der Waals surface area (Å²) in [6.07, 6.45) is 1.72. The maximum absolute atomic E-state index is 13.1. The van der Waals surface area contributed by atoms with E-state index in [2.05, 4.69) is 40.8 Å². The fraction of sp³-hybridized carbons (Fsp3) is 0.150. The number of halogens is 1. The standard InChI is InChI=1S/C20H16BrN3O2S/c1-12-6-8-16-18(13(12)2)23-20(27-16)24(11-14-5-3-4-10-22-14)19(25)15-7-9-17(21)26-15/h3-10H,11H2,1-2H3. The smallest absolute Gasteiger partial charge is 0.296 e. The second-order valence-corrected chi connectivity index (χ2v) is 7.96. The van der Waals surface area contributed by atoms with Crippen molar-refractivity contribution in [3.8, 4) is 0 Å². The Kier molecular flexibility index (Phi) is 4.80. The van der Waals surface area contributed by atoms with Gasteiger partial charge in [0.1, 0.15) is 0 Å². The number of anilines is 1. The number of aryl methyl sites for hydroxylation is 2. The molecule has 7 heteroatoms. The lowest BCUT2D eigenvalue weighted by Crippen LogP contribution is -2.30. The summed E-state index contributed by atoms with van der Waals surface area (Å²) >= 11 is 4.75. The van der Waals surface area contributed by atoms with Crippen LogP contribution < -0.4 is 4.90 Å². The number of benzene rings is 1. The number of furan rings is 1. The van der Waals surface area contributed by atoms with Crippen molar-refractivity contribution in [1.82, 2.24) is 9.97 Å². The van der Waals surface area contributed by atoms with Crippen molar-refractivity contribution in [2.24, 2.45) is 0 Å². The highest BCUT2D eigenvalue weighted by atomic mass is 79.9. The van der Waals surface area contributed by atoms with Crippen molar-refractivity contribution < 1.29 is 9.21 Å². The van der Waals surface area contributed by atoms with E-state index in [1.54, 1.807) is 23.2 Å². The highest BCUT2D eigenvalue weighted by Gasteiger charge is 2.25. The average Bonchev–Trinajstić information content (AvgIpc) is 3.30. The minimum atomic E-state index is -0.250. The Morgan fingerprint density at radius 2 is 2.04 bits per heavy atom. The van der Waals surface area contributed by atoms with Crippen LogP contribution in [0, 0.1) is 13.8 Å². The van der Waals surface area contributed by atoms with Gasteiger partial charge < -0.3 is 4.42 Å². The molecule has 5 nitrogen and oxygen atoms in total. The number of aromatic nitrogens is 2. The Balaban J connectivity index is 1.79. The molecule has 136 valence electrons. The number of hydrogen-bond acceptors (Lipinski definition) is 5. The molecule has 1 aromatic carbocycles. The zero-order chi connectivity index (χ0) is 19.0. The third kappa shape index (κ3) is 3.52. The van der Waals surface area contributed by atoms with E-state index in [0.717, 1.165) is 21.5 Å². The van der Waals surface area contributed by atoms with Crippen molar-refractivity contribution in [2.75, 3.05) is 4.90 Å². The molecule has 27 heavy (non-hydrogen) atoms. The first-order valence-corrected chi connectivity index (χ1v) is 9.98. The topological polar surface area (TPSA) is 59.2 Å². The average molecular weight is 442 g/mol. The van der Waals surface area contributed by atoms with Gasteiger partial charge in [-0.1, -0.05) is 23.5 Å². The molecule has 0 radical (unpaired) electrons. The van der Waals surface area contributed by atoms with E-state index in [0.29, 0.717) is 16.3 Å². The van der Waals surface area contributed by atoms with Crippen LogP contribution in [0.1, 0.15) is 27.4 Å². The van der Waals surface area contributed by atoms with Gasteiger partial charge >= 0.3 is 0 Å². The number of fused-ring (bicyclic) bond motifs is 1. The zero-order valence-corrected chi connectivity index (χ0v) is 17.2. The molecule has 1 amide bonds. The fourth-order valence-corrected chi connectivity index (χ4v) is 4.10. The predicted octanol–water partition coefficient (Wildman–Crippen LogP) is 5.51. The van der Waals surface area contributed by atoms with Crippen LogP contribution in [0.25, 0.3) is 10.2 Å². The summed E-state index contributed by atoms with van der Waals surface area (Å²) in [5.74, 6) is 0.00440. The minimum Gasteiger partial charge on any atom is -0.444 e. The highest BCUT2D eigenvalue weighted by molar-refractivity contribution is 9.10. The molecule has 0 spiro atoms. The Morgan fingerprint density at radius 3 is 2.74 bits per heavy atom. The molecule has 0 saturated heterocycles. The molecule has 0 N–H and O–H groups in total. The number of carbonyl (C=O) groups excluding carboxylic acids is 1. The van der Waals surface area contributed by atoms with Gasteiger partial charge in [0.15, 0.2) is 15.6 Å². The molecular formula is C20H16BrN3O2S. The first kappa shape index (κ1) is 17.9. The first-order valence-electron chi connectivity index (χ1n) is 8.37. The van der Waals surface area contributed by atoms with Gasteiger partial charge in [-0.2, -0.15) is 0 Å². The molecule has 0 saturated carbocycles. The molecule has 0 bridgehead atoms. The lowest BCUT2D eigenvalue weighted by molar-refractivity contribution is 0.0957. The van der Waals surface area contributed by atoms with Crippen LogP contribution in [0.3, 0.4) is 0 Å². The molecule has 0 fully saturated rings. The molecule has 3 aromatic heterocycles. The molecule has 0 aliphatic heterocycles. The van der Waals surface area contributed by atoms with Crippen LogP contribution in [0.2, 0.25) is 0 Å². The van der Waals surface area contributed by atoms with Gasteiger partial charge in [-0.15, -0.1) is 0 Å². The second-order valence-electron chi connectivity index (χ2n) is 6.17. The molecule has 3 heterocycles. The molecule has 0 aliphatic rings. The van der Waals surface area contributed by atoms with E-state index in [1.165, 1.54) is 16.9 Å². The third-order valence-electron chi connectivity index (χ3n) is 4.38. The first-order chi connectivity index (χ1) is 13.0. The number of thiazole rings is 1. The summed E-state index contributed by atoms with van der Waals surface area (Å²) in [6.45, 7) is 4.43. The highest BCUT2D eigenvalue weighted by Crippen LogP contribution is 2.33. The van der Waals surface area contributed by atoms with Crippen LogP contribution in [0.5, 0.6) is 0 Å². The summed E-state index contributed by atoms with van der Waals surface area (Å²) in [4.78, 5) is 23.9. The number of nitrogens with zero attached hydrogens (tertiary/aromatic N) is 3. The predicted molar refractivity (Wildman–Crippen MR) is 110 cm³/mol. The fourth-order valence-electron chi connectivity index (χ4n) is 2.77. The Morgan fingerprint density at radius 1 is 1.19 bits per heavy atom. The number of hydrogen-bond donors (Lipinski definition) is 0. The van der Waals surface area contributed by atoms with E-state index in [-0.39, 0.29) is 11.7 Å². The van der Waals surface area contributed by atoms with Crippen LogP contribution in [0.4, 0.5) is 5.13 Å². The lowest BCUT2D eigenvalue weighted by Gasteiger charge is -2.18. The van der Waals surface area contributed by atoms with Crippen molar-refractivity contribution in [3.63, 3.8) is 0 Å². The molecule has 4 aromatic rings. The van der Waals surface area contributed by atoms with Gasteiger partial charge in [0.05, 0.1) is 22.5 Å². The van der Waals surface area contributed by atoms with Gasteiger partial charge in [0.25, 0.3) is 5.91 Å². The Labute approximate surface area is 168 Å². The van der Waals surface area contributed by atoms with E-state index < -0.39 is 0 Å². The van der Waals surface area contributed by atoms with Crippen LogP contribution in [-0.4, -0.2) is 15.9 Å². The zero-order valence-electron chi connectivity index (χ0n) is 14.8. The summed E-state index contributed by atoms with van der Waals surface area (Å²) in [6, 6.07) is 13.1. The van der Waals surface area contributed by atoms with Crippen molar-refractivity contribution in [1.29, 1.82) is 0 Å². The molecule has 0 atom stereocenters. The number of rotatable bonds is 4. The van der Waals surface area contributed by atoms with Crippen molar-refractivity contribution in [3.05, 3.63) is 75.9 Å². The van der Waals surface area contributed by atoms with E-state index in [9.17, 15) is 4.79 Å². The maximum Gasteiger partial charge on any atom is 0.296 e.